The van der Waals surface area contributed by atoms with Crippen molar-refractivity contribution in [2.75, 3.05) is 0 Å². The van der Waals surface area contributed by atoms with Gasteiger partial charge in [0.1, 0.15) is 0 Å². The summed E-state index contributed by atoms with van der Waals surface area (Å²) in [5.41, 5.74) is 0. The molecule has 0 saturated heterocycles. The summed E-state index contributed by atoms with van der Waals surface area (Å²) in [4.78, 5) is 0. The van der Waals surface area contributed by atoms with Gasteiger partial charge in [-0.3, -0.25) is 0 Å². The lowest BCUT2D eigenvalue weighted by molar-refractivity contribution is 0.368. The third-order valence-corrected chi connectivity index (χ3v) is 4.99. The SMILES string of the molecule is CC(C)C1CC1CC(C)C1CC1C(C)C. The Kier molecular flexibility index (Phi) is 3.14. The van der Waals surface area contributed by atoms with Gasteiger partial charge in [-0.05, 0) is 60.7 Å². The fraction of sp³-hybridized carbons (Fsp3) is 1.00. The van der Waals surface area contributed by atoms with Gasteiger partial charge in [0.05, 0.1) is 0 Å². The van der Waals surface area contributed by atoms with Crippen molar-refractivity contribution >= 4 is 0 Å². The molecule has 0 aromatic carbocycles. The molecule has 2 aliphatic carbocycles. The molecule has 0 aromatic rings. The van der Waals surface area contributed by atoms with Gasteiger partial charge in [-0.15, -0.1) is 0 Å². The molecule has 0 bridgehead atoms. The Bertz CT molecular complexity index is 216. The Morgan fingerprint density at radius 2 is 1.40 bits per heavy atom. The summed E-state index contributed by atoms with van der Waals surface area (Å²) in [6.07, 6.45) is 4.58. The molecule has 0 spiro atoms. The third kappa shape index (κ3) is 2.57. The highest BCUT2D eigenvalue weighted by molar-refractivity contribution is 4.96. The topological polar surface area (TPSA) is 0 Å². The van der Waals surface area contributed by atoms with Crippen LogP contribution in [0.15, 0.2) is 0 Å². The molecule has 5 unspecified atom stereocenters. The van der Waals surface area contributed by atoms with Gasteiger partial charge in [0.25, 0.3) is 0 Å². The second kappa shape index (κ2) is 4.11. The smallest absolute Gasteiger partial charge is 0.0355 e. The van der Waals surface area contributed by atoms with Crippen molar-refractivity contribution in [2.45, 2.75) is 53.9 Å². The van der Waals surface area contributed by atoms with Crippen LogP contribution in [0, 0.1) is 41.4 Å². The molecule has 5 atom stereocenters. The molecule has 2 rings (SSSR count). The number of hydrogen-bond donors (Lipinski definition) is 0. The summed E-state index contributed by atoms with van der Waals surface area (Å²) in [7, 11) is 0. The summed E-state index contributed by atoms with van der Waals surface area (Å²) in [5.74, 6) is 7.18. The molecular weight excluding hydrogens is 180 g/mol. The predicted molar refractivity (Wildman–Crippen MR) is 66.7 cm³/mol. The van der Waals surface area contributed by atoms with Crippen LogP contribution in [0.1, 0.15) is 53.9 Å². The largest absolute Gasteiger partial charge is 0.0625 e. The van der Waals surface area contributed by atoms with Crippen LogP contribution in [0.3, 0.4) is 0 Å². The van der Waals surface area contributed by atoms with Gasteiger partial charge in [-0.25, -0.2) is 0 Å². The van der Waals surface area contributed by atoms with Crippen molar-refractivity contribution in [3.63, 3.8) is 0 Å². The van der Waals surface area contributed by atoms with E-state index in [2.05, 4.69) is 34.6 Å². The summed E-state index contributed by atoms with van der Waals surface area (Å²) < 4.78 is 0. The first-order valence-corrected chi connectivity index (χ1v) is 7.00. The standard InChI is InChI=1S/C15H28/c1-9(2)13-7-12(13)6-11(5)15-8-14(15)10(3)4/h9-15H,6-8H2,1-5H3. The highest BCUT2D eigenvalue weighted by Crippen LogP contribution is 2.54. The summed E-state index contributed by atoms with van der Waals surface area (Å²) in [6, 6.07) is 0. The Morgan fingerprint density at radius 1 is 0.800 bits per heavy atom. The van der Waals surface area contributed by atoms with Crippen molar-refractivity contribution in [1.29, 1.82) is 0 Å². The van der Waals surface area contributed by atoms with Crippen LogP contribution >= 0.6 is 0 Å². The minimum absolute atomic E-state index is 0.928. The number of rotatable bonds is 5. The second-order valence-electron chi connectivity index (χ2n) is 6.92. The van der Waals surface area contributed by atoms with Gasteiger partial charge >= 0.3 is 0 Å². The summed E-state index contributed by atoms with van der Waals surface area (Å²) >= 11 is 0. The minimum Gasteiger partial charge on any atom is -0.0625 e. The highest BCUT2D eigenvalue weighted by atomic mass is 14.5. The van der Waals surface area contributed by atoms with Crippen molar-refractivity contribution in [3.05, 3.63) is 0 Å². The van der Waals surface area contributed by atoms with E-state index in [1.54, 1.807) is 0 Å². The molecule has 2 aliphatic rings. The Hall–Kier alpha value is 0. The Labute approximate surface area is 95.8 Å². The van der Waals surface area contributed by atoms with E-state index in [1.165, 1.54) is 19.3 Å². The van der Waals surface area contributed by atoms with E-state index in [1.807, 2.05) is 0 Å². The lowest BCUT2D eigenvalue weighted by atomic mass is 9.93. The molecule has 0 radical (unpaired) electrons. The van der Waals surface area contributed by atoms with Crippen molar-refractivity contribution in [1.82, 2.24) is 0 Å². The normalized spacial score (nSPS) is 41.0. The number of hydrogen-bond acceptors (Lipinski definition) is 0. The molecule has 88 valence electrons. The molecule has 15 heavy (non-hydrogen) atoms. The maximum Gasteiger partial charge on any atom is -0.0355 e. The van der Waals surface area contributed by atoms with Crippen LogP contribution in [-0.4, -0.2) is 0 Å². The van der Waals surface area contributed by atoms with E-state index in [-0.39, 0.29) is 0 Å². The van der Waals surface area contributed by atoms with Gasteiger partial charge in [0, 0.05) is 0 Å². The van der Waals surface area contributed by atoms with Gasteiger partial charge in [0.15, 0.2) is 0 Å². The first kappa shape index (κ1) is 11.5. The average molecular weight is 208 g/mol. The van der Waals surface area contributed by atoms with Crippen molar-refractivity contribution in [2.24, 2.45) is 41.4 Å². The van der Waals surface area contributed by atoms with Crippen molar-refractivity contribution < 1.29 is 0 Å². The molecule has 0 N–H and O–H groups in total. The van der Waals surface area contributed by atoms with E-state index in [0.29, 0.717) is 0 Å². The van der Waals surface area contributed by atoms with Gasteiger partial charge in [0.2, 0.25) is 0 Å². The van der Waals surface area contributed by atoms with Crippen LogP contribution in [0.25, 0.3) is 0 Å². The summed E-state index contributed by atoms with van der Waals surface area (Å²) in [6.45, 7) is 12.1. The zero-order valence-corrected chi connectivity index (χ0v) is 11.2. The monoisotopic (exact) mass is 208 g/mol. The molecule has 2 fully saturated rings. The van der Waals surface area contributed by atoms with Gasteiger partial charge < -0.3 is 0 Å². The fourth-order valence-corrected chi connectivity index (χ4v) is 3.67. The Morgan fingerprint density at radius 3 is 1.80 bits per heavy atom. The second-order valence-corrected chi connectivity index (χ2v) is 6.92. The molecule has 0 amide bonds. The third-order valence-electron chi connectivity index (χ3n) is 4.99. The maximum absolute atomic E-state index is 2.50. The van der Waals surface area contributed by atoms with Crippen LogP contribution in [-0.2, 0) is 0 Å². The van der Waals surface area contributed by atoms with Gasteiger partial charge in [-0.2, -0.15) is 0 Å². The van der Waals surface area contributed by atoms with Gasteiger partial charge in [-0.1, -0.05) is 34.6 Å². The molecule has 0 heteroatoms. The minimum atomic E-state index is 0.928. The lowest BCUT2D eigenvalue weighted by Gasteiger charge is -2.13. The first-order chi connectivity index (χ1) is 7.00. The average Bonchev–Trinajstić information content (AvgIpc) is 2.98. The fourth-order valence-electron chi connectivity index (χ4n) is 3.67. The van der Waals surface area contributed by atoms with E-state index in [0.717, 1.165) is 41.4 Å². The van der Waals surface area contributed by atoms with E-state index in [9.17, 15) is 0 Å². The van der Waals surface area contributed by atoms with E-state index >= 15 is 0 Å². The summed E-state index contributed by atoms with van der Waals surface area (Å²) in [5, 5.41) is 0. The van der Waals surface area contributed by atoms with Crippen LogP contribution < -0.4 is 0 Å². The quantitative estimate of drug-likeness (QED) is 0.619. The van der Waals surface area contributed by atoms with Crippen LogP contribution in [0.4, 0.5) is 0 Å². The van der Waals surface area contributed by atoms with Crippen LogP contribution in [0.2, 0.25) is 0 Å². The molecule has 0 aliphatic heterocycles. The highest BCUT2D eigenvalue weighted by Gasteiger charge is 2.46. The maximum atomic E-state index is 2.50. The molecule has 2 saturated carbocycles. The molecule has 0 heterocycles. The van der Waals surface area contributed by atoms with E-state index < -0.39 is 0 Å². The first-order valence-electron chi connectivity index (χ1n) is 7.00. The Balaban J connectivity index is 1.69. The van der Waals surface area contributed by atoms with Crippen molar-refractivity contribution in [3.8, 4) is 0 Å². The molecule has 0 aromatic heterocycles. The van der Waals surface area contributed by atoms with Crippen LogP contribution in [0.5, 0.6) is 0 Å². The van der Waals surface area contributed by atoms with E-state index in [4.69, 9.17) is 0 Å². The zero-order valence-electron chi connectivity index (χ0n) is 11.2. The molecule has 0 nitrogen and oxygen atoms in total. The molecular formula is C15H28. The zero-order chi connectivity index (χ0) is 11.2. The predicted octanol–water partition coefficient (Wildman–Crippen LogP) is 4.60. The lowest BCUT2D eigenvalue weighted by Crippen LogP contribution is -2.05.